The van der Waals surface area contributed by atoms with E-state index in [4.69, 9.17) is 0 Å². The Labute approximate surface area is 106 Å². The minimum absolute atomic E-state index is 0.125. The van der Waals surface area contributed by atoms with Crippen LogP contribution in [0.3, 0.4) is 0 Å². The number of rotatable bonds is 5. The molecule has 18 heavy (non-hydrogen) atoms. The molecule has 1 atom stereocenters. The van der Waals surface area contributed by atoms with E-state index in [1.54, 1.807) is 12.5 Å². The lowest BCUT2D eigenvalue weighted by atomic mass is 10.2. The number of aryl methyl sites for hydroxylation is 1. The molecule has 0 radical (unpaired) electrons. The molecule has 1 aliphatic rings. The molecule has 1 aromatic rings. The summed E-state index contributed by atoms with van der Waals surface area (Å²) >= 11 is 0. The van der Waals surface area contributed by atoms with Gasteiger partial charge in [0, 0.05) is 26.3 Å². The molecule has 0 spiro atoms. The summed E-state index contributed by atoms with van der Waals surface area (Å²) in [7, 11) is 1.52. The second-order valence-corrected chi connectivity index (χ2v) is 4.51. The van der Waals surface area contributed by atoms with Crippen molar-refractivity contribution in [3.8, 4) is 0 Å². The van der Waals surface area contributed by atoms with Gasteiger partial charge in [-0.15, -0.1) is 0 Å². The summed E-state index contributed by atoms with van der Waals surface area (Å²) in [5.74, 6) is -0.277. The standard InChI is InChI=1S/C12H18N4O2/c1-3-4-16-8-13-6-9(16)7-14-10-5-11(17)15(2)12(10)18/h6,8,10,14H,3-5,7H2,1-2H3. The third kappa shape index (κ3) is 2.43. The van der Waals surface area contributed by atoms with E-state index >= 15 is 0 Å². The Balaban J connectivity index is 1.94. The summed E-state index contributed by atoms with van der Waals surface area (Å²) < 4.78 is 2.05. The molecule has 2 amide bonds. The van der Waals surface area contributed by atoms with Crippen molar-refractivity contribution >= 4 is 11.8 Å². The summed E-state index contributed by atoms with van der Waals surface area (Å²) in [6.45, 7) is 3.57. The summed E-state index contributed by atoms with van der Waals surface area (Å²) in [6.07, 6.45) is 4.85. The van der Waals surface area contributed by atoms with Crippen LogP contribution in [0.15, 0.2) is 12.5 Å². The number of hydrogen-bond donors (Lipinski definition) is 1. The zero-order valence-electron chi connectivity index (χ0n) is 10.7. The second kappa shape index (κ2) is 5.30. The van der Waals surface area contributed by atoms with Gasteiger partial charge in [0.05, 0.1) is 24.5 Å². The summed E-state index contributed by atoms with van der Waals surface area (Å²) in [6, 6.07) is -0.396. The molecule has 1 saturated heterocycles. The van der Waals surface area contributed by atoms with Crippen molar-refractivity contribution in [3.05, 3.63) is 18.2 Å². The number of imide groups is 1. The van der Waals surface area contributed by atoms with Gasteiger partial charge in [0.1, 0.15) is 0 Å². The Kier molecular flexibility index (Phi) is 3.76. The van der Waals surface area contributed by atoms with E-state index in [0.29, 0.717) is 6.54 Å². The molecule has 6 nitrogen and oxygen atoms in total. The van der Waals surface area contributed by atoms with Gasteiger partial charge in [0.25, 0.3) is 0 Å². The predicted octanol–water partition coefficient (Wildman–Crippen LogP) is 0.140. The molecule has 1 aromatic heterocycles. The number of hydrogen-bond acceptors (Lipinski definition) is 4. The molecular formula is C12H18N4O2. The molecule has 6 heteroatoms. The highest BCUT2D eigenvalue weighted by molar-refractivity contribution is 6.05. The number of aromatic nitrogens is 2. The van der Waals surface area contributed by atoms with E-state index in [2.05, 4.69) is 21.8 Å². The van der Waals surface area contributed by atoms with E-state index in [1.165, 1.54) is 11.9 Å². The van der Waals surface area contributed by atoms with Gasteiger partial charge in [-0.25, -0.2) is 4.98 Å². The monoisotopic (exact) mass is 250 g/mol. The van der Waals surface area contributed by atoms with Gasteiger partial charge >= 0.3 is 0 Å². The van der Waals surface area contributed by atoms with E-state index in [0.717, 1.165) is 18.7 Å². The average molecular weight is 250 g/mol. The third-order valence-electron chi connectivity index (χ3n) is 3.17. The molecular weight excluding hydrogens is 232 g/mol. The van der Waals surface area contributed by atoms with Gasteiger partial charge in [0.2, 0.25) is 11.8 Å². The predicted molar refractivity (Wildman–Crippen MR) is 65.5 cm³/mol. The minimum atomic E-state index is -0.396. The number of likely N-dealkylation sites (N-methyl/N-ethyl adjacent to an activating group) is 1. The Bertz CT molecular complexity index is 455. The van der Waals surface area contributed by atoms with Crippen molar-refractivity contribution < 1.29 is 9.59 Å². The summed E-state index contributed by atoms with van der Waals surface area (Å²) in [5.41, 5.74) is 1.03. The molecule has 0 aromatic carbocycles. The van der Waals surface area contributed by atoms with Crippen LogP contribution in [0, 0.1) is 0 Å². The largest absolute Gasteiger partial charge is 0.333 e. The van der Waals surface area contributed by atoms with Crippen molar-refractivity contribution in [2.75, 3.05) is 7.05 Å². The number of carbonyl (C=O) groups is 2. The fourth-order valence-corrected chi connectivity index (χ4v) is 2.08. The third-order valence-corrected chi connectivity index (χ3v) is 3.17. The van der Waals surface area contributed by atoms with Gasteiger partial charge in [-0.3, -0.25) is 19.8 Å². The highest BCUT2D eigenvalue weighted by atomic mass is 16.2. The molecule has 0 saturated carbocycles. The van der Waals surface area contributed by atoms with Gasteiger partial charge < -0.3 is 4.57 Å². The quantitative estimate of drug-likeness (QED) is 0.755. The molecule has 0 aliphatic carbocycles. The maximum Gasteiger partial charge on any atom is 0.246 e. The number of carbonyl (C=O) groups excluding carboxylic acids is 2. The molecule has 2 rings (SSSR count). The Hall–Kier alpha value is -1.69. The van der Waals surface area contributed by atoms with Crippen molar-refractivity contribution in [1.29, 1.82) is 0 Å². The van der Waals surface area contributed by atoms with Gasteiger partial charge in [-0.1, -0.05) is 6.92 Å². The van der Waals surface area contributed by atoms with Crippen LogP contribution in [0.25, 0.3) is 0 Å². The Morgan fingerprint density at radius 1 is 1.50 bits per heavy atom. The zero-order valence-corrected chi connectivity index (χ0v) is 10.7. The van der Waals surface area contributed by atoms with Crippen LogP contribution in [-0.2, 0) is 22.7 Å². The highest BCUT2D eigenvalue weighted by Gasteiger charge is 2.35. The van der Waals surface area contributed by atoms with E-state index in [1.807, 2.05) is 0 Å². The van der Waals surface area contributed by atoms with Crippen LogP contribution >= 0.6 is 0 Å². The lowest BCUT2D eigenvalue weighted by molar-refractivity contribution is -0.137. The fraction of sp³-hybridized carbons (Fsp3) is 0.583. The topological polar surface area (TPSA) is 67.2 Å². The smallest absolute Gasteiger partial charge is 0.246 e. The first kappa shape index (κ1) is 12.8. The normalized spacial score (nSPS) is 19.9. The van der Waals surface area contributed by atoms with Gasteiger partial charge in [-0.2, -0.15) is 0 Å². The number of nitrogens with one attached hydrogen (secondary N) is 1. The average Bonchev–Trinajstić information content (AvgIpc) is 2.88. The van der Waals surface area contributed by atoms with Crippen LogP contribution < -0.4 is 5.32 Å². The van der Waals surface area contributed by atoms with Crippen molar-refractivity contribution in [1.82, 2.24) is 19.8 Å². The molecule has 2 heterocycles. The van der Waals surface area contributed by atoms with Crippen molar-refractivity contribution in [2.24, 2.45) is 0 Å². The maximum atomic E-state index is 11.7. The minimum Gasteiger partial charge on any atom is -0.333 e. The number of nitrogens with zero attached hydrogens (tertiary/aromatic N) is 3. The maximum absolute atomic E-state index is 11.7. The van der Waals surface area contributed by atoms with Crippen LogP contribution in [-0.4, -0.2) is 39.4 Å². The van der Waals surface area contributed by atoms with Crippen LogP contribution in [0.4, 0.5) is 0 Å². The molecule has 98 valence electrons. The number of imidazole rings is 1. The van der Waals surface area contributed by atoms with Gasteiger partial charge in [0.15, 0.2) is 0 Å². The SMILES string of the molecule is CCCn1cncc1CNC1CC(=O)N(C)C1=O. The molecule has 0 bridgehead atoms. The van der Waals surface area contributed by atoms with Crippen LogP contribution in [0.2, 0.25) is 0 Å². The zero-order chi connectivity index (χ0) is 13.1. The van der Waals surface area contributed by atoms with Crippen LogP contribution in [0.1, 0.15) is 25.5 Å². The highest BCUT2D eigenvalue weighted by Crippen LogP contribution is 2.11. The second-order valence-electron chi connectivity index (χ2n) is 4.51. The number of amides is 2. The van der Waals surface area contributed by atoms with Gasteiger partial charge in [-0.05, 0) is 6.42 Å². The summed E-state index contributed by atoms with van der Waals surface area (Å²) in [4.78, 5) is 28.4. The lowest BCUT2D eigenvalue weighted by Crippen LogP contribution is -2.37. The number of likely N-dealkylation sites (tertiary alicyclic amines) is 1. The van der Waals surface area contributed by atoms with Crippen LogP contribution in [0.5, 0.6) is 0 Å². The Morgan fingerprint density at radius 2 is 2.28 bits per heavy atom. The first-order valence-corrected chi connectivity index (χ1v) is 6.16. The van der Waals surface area contributed by atoms with E-state index < -0.39 is 6.04 Å². The lowest BCUT2D eigenvalue weighted by Gasteiger charge is -2.12. The van der Waals surface area contributed by atoms with Crippen molar-refractivity contribution in [2.45, 2.75) is 38.9 Å². The molecule has 1 N–H and O–H groups in total. The molecule has 1 aliphatic heterocycles. The fourth-order valence-electron chi connectivity index (χ4n) is 2.08. The van der Waals surface area contributed by atoms with Crippen molar-refractivity contribution in [3.63, 3.8) is 0 Å². The molecule has 1 fully saturated rings. The molecule has 1 unspecified atom stereocenters. The first-order chi connectivity index (χ1) is 8.63. The first-order valence-electron chi connectivity index (χ1n) is 6.16. The summed E-state index contributed by atoms with van der Waals surface area (Å²) in [5, 5.41) is 3.12. The van der Waals surface area contributed by atoms with E-state index in [9.17, 15) is 9.59 Å². The van der Waals surface area contributed by atoms with E-state index in [-0.39, 0.29) is 18.2 Å². The Morgan fingerprint density at radius 3 is 2.89 bits per heavy atom.